The summed E-state index contributed by atoms with van der Waals surface area (Å²) in [6.45, 7) is 9.32. The second-order valence-electron chi connectivity index (χ2n) is 7.44. The monoisotopic (exact) mass is 432 g/mol. The van der Waals surface area contributed by atoms with E-state index in [4.69, 9.17) is 9.47 Å². The van der Waals surface area contributed by atoms with Gasteiger partial charge in [0.25, 0.3) is 5.69 Å². The highest BCUT2D eigenvalue weighted by Crippen LogP contribution is 2.35. The molecule has 0 saturated heterocycles. The van der Waals surface area contributed by atoms with Crippen molar-refractivity contribution in [2.24, 2.45) is 0 Å². The smallest absolute Gasteiger partial charge is 0.269 e. The molecule has 3 aromatic carbocycles. The number of nitro benzene ring substituents is 1. The molecule has 0 atom stereocenters. The zero-order chi connectivity index (χ0) is 22.9. The number of nitrogens with one attached hydrogen (secondary N) is 1. The van der Waals surface area contributed by atoms with Crippen molar-refractivity contribution in [3.8, 4) is 11.5 Å². The number of anilines is 1. The van der Waals surface area contributed by atoms with E-state index in [0.29, 0.717) is 31.1 Å². The van der Waals surface area contributed by atoms with Crippen molar-refractivity contribution in [3.63, 3.8) is 0 Å². The van der Waals surface area contributed by atoms with Crippen LogP contribution in [0.15, 0.2) is 73.3 Å². The first-order valence-electron chi connectivity index (χ1n) is 10.6. The average Bonchev–Trinajstić information content (AvgIpc) is 2.78. The van der Waals surface area contributed by atoms with Gasteiger partial charge in [0.15, 0.2) is 11.5 Å². The molecule has 0 aliphatic carbocycles. The van der Waals surface area contributed by atoms with Gasteiger partial charge in [-0.2, -0.15) is 0 Å². The van der Waals surface area contributed by atoms with Crippen molar-refractivity contribution in [3.05, 3.63) is 106 Å². The molecule has 32 heavy (non-hydrogen) atoms. The fourth-order valence-electron chi connectivity index (χ4n) is 3.39. The first-order valence-corrected chi connectivity index (χ1v) is 10.6. The lowest BCUT2D eigenvalue weighted by atomic mass is 10.0. The third-order valence-electron chi connectivity index (χ3n) is 4.90. The van der Waals surface area contributed by atoms with Crippen LogP contribution in [-0.4, -0.2) is 11.5 Å². The minimum absolute atomic E-state index is 0.0570. The number of nitro groups is 1. The molecule has 166 valence electrons. The van der Waals surface area contributed by atoms with Gasteiger partial charge in [-0.1, -0.05) is 18.2 Å². The first-order chi connectivity index (χ1) is 15.5. The Bertz CT molecular complexity index is 1080. The van der Waals surface area contributed by atoms with Gasteiger partial charge >= 0.3 is 0 Å². The fourth-order valence-corrected chi connectivity index (χ4v) is 3.39. The second-order valence-corrected chi connectivity index (χ2v) is 7.44. The zero-order valence-electron chi connectivity index (χ0n) is 18.5. The van der Waals surface area contributed by atoms with Gasteiger partial charge in [-0.15, -0.1) is 6.58 Å². The van der Waals surface area contributed by atoms with E-state index in [9.17, 15) is 10.1 Å². The number of non-ortho nitro benzene ring substituents is 1. The van der Waals surface area contributed by atoms with E-state index in [1.807, 2.05) is 31.2 Å². The van der Waals surface area contributed by atoms with E-state index in [1.54, 1.807) is 12.1 Å². The summed E-state index contributed by atoms with van der Waals surface area (Å²) in [5.74, 6) is 1.35. The number of allylic oxidation sites excluding steroid dienone is 1. The van der Waals surface area contributed by atoms with Gasteiger partial charge in [-0.3, -0.25) is 10.1 Å². The summed E-state index contributed by atoms with van der Waals surface area (Å²) in [6, 6.07) is 18.7. The van der Waals surface area contributed by atoms with E-state index >= 15 is 0 Å². The van der Waals surface area contributed by atoms with Gasteiger partial charge in [-0.05, 0) is 73.4 Å². The Hall–Kier alpha value is -3.80. The molecule has 3 aromatic rings. The second kappa shape index (κ2) is 11.0. The summed E-state index contributed by atoms with van der Waals surface area (Å²) < 4.78 is 12.0. The lowest BCUT2D eigenvalue weighted by molar-refractivity contribution is -0.384. The molecule has 0 saturated carbocycles. The van der Waals surface area contributed by atoms with Crippen molar-refractivity contribution >= 4 is 11.4 Å². The Morgan fingerprint density at radius 3 is 2.50 bits per heavy atom. The lowest BCUT2D eigenvalue weighted by Gasteiger charge is -2.18. The standard InChI is InChI=1S/C26H28N2O4/c1-4-7-22-15-21(17-27-23-9-6-8-19(3)14-23)16-25(31-5-2)26(22)32-18-20-10-12-24(13-11-20)28(29)30/h4,6,8-16,27H,1,5,7,17-18H2,2-3H3. The predicted octanol–water partition coefficient (Wildman–Crippen LogP) is 6.22. The molecule has 0 bridgehead atoms. The number of hydrogen-bond donors (Lipinski definition) is 1. The number of rotatable bonds is 11. The summed E-state index contributed by atoms with van der Waals surface area (Å²) in [5.41, 5.74) is 5.22. The molecule has 0 radical (unpaired) electrons. The predicted molar refractivity (Wildman–Crippen MR) is 127 cm³/mol. The van der Waals surface area contributed by atoms with Crippen LogP contribution >= 0.6 is 0 Å². The van der Waals surface area contributed by atoms with Gasteiger partial charge < -0.3 is 14.8 Å². The molecule has 6 heteroatoms. The topological polar surface area (TPSA) is 73.6 Å². The number of aryl methyl sites for hydroxylation is 1. The highest BCUT2D eigenvalue weighted by molar-refractivity contribution is 5.52. The Balaban J connectivity index is 1.81. The minimum atomic E-state index is -0.413. The van der Waals surface area contributed by atoms with Crippen molar-refractivity contribution in [1.82, 2.24) is 0 Å². The van der Waals surface area contributed by atoms with Crippen LogP contribution in [0.1, 0.15) is 29.2 Å². The third-order valence-corrected chi connectivity index (χ3v) is 4.90. The molecule has 0 aliphatic heterocycles. The third kappa shape index (κ3) is 6.11. The van der Waals surface area contributed by atoms with Crippen LogP contribution < -0.4 is 14.8 Å². The largest absolute Gasteiger partial charge is 0.490 e. The van der Waals surface area contributed by atoms with Crippen molar-refractivity contribution in [1.29, 1.82) is 0 Å². The highest BCUT2D eigenvalue weighted by atomic mass is 16.6. The van der Waals surface area contributed by atoms with Gasteiger partial charge in [-0.25, -0.2) is 0 Å². The van der Waals surface area contributed by atoms with E-state index in [0.717, 1.165) is 22.4 Å². The van der Waals surface area contributed by atoms with Crippen LogP contribution in [0.2, 0.25) is 0 Å². The molecule has 1 N–H and O–H groups in total. The zero-order valence-corrected chi connectivity index (χ0v) is 18.5. The van der Waals surface area contributed by atoms with Gasteiger partial charge in [0, 0.05) is 29.9 Å². The molecule has 0 spiro atoms. The van der Waals surface area contributed by atoms with E-state index in [-0.39, 0.29) is 12.3 Å². The Labute approximate surface area is 188 Å². The molecule has 0 aliphatic rings. The summed E-state index contributed by atoms with van der Waals surface area (Å²) in [5, 5.41) is 14.3. The summed E-state index contributed by atoms with van der Waals surface area (Å²) in [6.07, 6.45) is 2.47. The Kier molecular flexibility index (Phi) is 7.86. The van der Waals surface area contributed by atoms with Crippen LogP contribution in [0.25, 0.3) is 0 Å². The van der Waals surface area contributed by atoms with E-state index in [2.05, 4.69) is 37.0 Å². The van der Waals surface area contributed by atoms with Crippen molar-refractivity contribution < 1.29 is 14.4 Å². The maximum Gasteiger partial charge on any atom is 0.269 e. The molecular formula is C26H28N2O4. The van der Waals surface area contributed by atoms with Crippen molar-refractivity contribution in [2.45, 2.75) is 33.4 Å². The van der Waals surface area contributed by atoms with E-state index in [1.165, 1.54) is 17.7 Å². The summed E-state index contributed by atoms with van der Waals surface area (Å²) >= 11 is 0. The quantitative estimate of drug-likeness (QED) is 0.221. The van der Waals surface area contributed by atoms with Crippen LogP contribution in [0.4, 0.5) is 11.4 Å². The van der Waals surface area contributed by atoms with Crippen LogP contribution in [0, 0.1) is 17.0 Å². The van der Waals surface area contributed by atoms with Crippen LogP contribution in [-0.2, 0) is 19.6 Å². The lowest BCUT2D eigenvalue weighted by Crippen LogP contribution is -2.06. The molecular weight excluding hydrogens is 404 g/mol. The summed E-state index contributed by atoms with van der Waals surface area (Å²) in [4.78, 5) is 10.4. The summed E-state index contributed by atoms with van der Waals surface area (Å²) in [7, 11) is 0. The Morgan fingerprint density at radius 1 is 1.06 bits per heavy atom. The maximum atomic E-state index is 10.9. The number of hydrogen-bond acceptors (Lipinski definition) is 5. The average molecular weight is 433 g/mol. The number of ether oxygens (including phenoxy) is 2. The van der Waals surface area contributed by atoms with Gasteiger partial charge in [0.2, 0.25) is 0 Å². The van der Waals surface area contributed by atoms with Gasteiger partial charge in [0.1, 0.15) is 6.61 Å². The van der Waals surface area contributed by atoms with Crippen LogP contribution in [0.3, 0.4) is 0 Å². The fraction of sp³-hybridized carbons (Fsp3) is 0.231. The van der Waals surface area contributed by atoms with Crippen molar-refractivity contribution in [2.75, 3.05) is 11.9 Å². The molecule has 0 aromatic heterocycles. The number of nitrogens with zero attached hydrogens (tertiary/aromatic N) is 1. The molecule has 0 fully saturated rings. The number of benzene rings is 3. The van der Waals surface area contributed by atoms with Crippen LogP contribution in [0.5, 0.6) is 11.5 Å². The normalized spacial score (nSPS) is 10.4. The highest BCUT2D eigenvalue weighted by Gasteiger charge is 2.14. The molecule has 3 rings (SSSR count). The molecule has 0 amide bonds. The molecule has 0 unspecified atom stereocenters. The first kappa shape index (κ1) is 22.9. The SMILES string of the molecule is C=CCc1cc(CNc2cccc(C)c2)cc(OCC)c1OCc1ccc([N+](=O)[O-])cc1. The van der Waals surface area contributed by atoms with Gasteiger partial charge in [0.05, 0.1) is 11.5 Å². The molecule has 0 heterocycles. The Morgan fingerprint density at radius 2 is 1.84 bits per heavy atom. The van der Waals surface area contributed by atoms with E-state index < -0.39 is 4.92 Å². The molecule has 6 nitrogen and oxygen atoms in total. The maximum absolute atomic E-state index is 10.9. The minimum Gasteiger partial charge on any atom is -0.490 e.